The fraction of sp³-hybridized carbons (Fsp3) is 0.318. The number of nitrogens with zero attached hydrogens (tertiary/aromatic N) is 4. The molecule has 1 aliphatic heterocycles. The van der Waals surface area contributed by atoms with E-state index in [-0.39, 0.29) is 11.9 Å². The lowest BCUT2D eigenvalue weighted by Crippen LogP contribution is -2.51. The molecular formula is C22H24N4O3S. The van der Waals surface area contributed by atoms with E-state index in [2.05, 4.69) is 9.88 Å². The number of thiophene rings is 1. The Hall–Kier alpha value is -2.97. The predicted molar refractivity (Wildman–Crippen MR) is 115 cm³/mol. The van der Waals surface area contributed by atoms with E-state index >= 15 is 0 Å². The van der Waals surface area contributed by atoms with Crippen molar-refractivity contribution in [1.82, 2.24) is 19.4 Å². The summed E-state index contributed by atoms with van der Waals surface area (Å²) >= 11 is 1.56. The zero-order valence-electron chi connectivity index (χ0n) is 16.8. The van der Waals surface area contributed by atoms with Gasteiger partial charge in [-0.25, -0.2) is 9.78 Å². The second kappa shape index (κ2) is 9.23. The number of carbonyl (C=O) groups is 2. The van der Waals surface area contributed by atoms with Gasteiger partial charge in [0, 0.05) is 38.6 Å². The molecule has 3 aromatic rings. The van der Waals surface area contributed by atoms with Gasteiger partial charge in [0.05, 0.1) is 6.61 Å². The van der Waals surface area contributed by atoms with E-state index in [1.165, 1.54) is 0 Å². The highest BCUT2D eigenvalue weighted by atomic mass is 32.1. The van der Waals surface area contributed by atoms with Crippen LogP contribution in [-0.2, 0) is 4.74 Å². The third-order valence-corrected chi connectivity index (χ3v) is 6.04. The van der Waals surface area contributed by atoms with Gasteiger partial charge in [-0.15, -0.1) is 11.3 Å². The van der Waals surface area contributed by atoms with Crippen LogP contribution >= 0.6 is 11.3 Å². The summed E-state index contributed by atoms with van der Waals surface area (Å²) in [5.41, 5.74) is 0.924. The number of hydrogen-bond donors (Lipinski definition) is 0. The Balaban J connectivity index is 1.60. The van der Waals surface area contributed by atoms with Crippen molar-refractivity contribution in [2.45, 2.75) is 13.0 Å². The van der Waals surface area contributed by atoms with Gasteiger partial charge in [-0.1, -0.05) is 30.3 Å². The van der Waals surface area contributed by atoms with Crippen molar-refractivity contribution >= 4 is 23.2 Å². The van der Waals surface area contributed by atoms with Crippen LogP contribution in [0.3, 0.4) is 0 Å². The van der Waals surface area contributed by atoms with Gasteiger partial charge in [0.15, 0.2) is 5.82 Å². The zero-order chi connectivity index (χ0) is 20.9. The van der Waals surface area contributed by atoms with E-state index in [0.29, 0.717) is 38.6 Å². The van der Waals surface area contributed by atoms with Crippen LogP contribution in [0.1, 0.15) is 29.1 Å². The number of rotatable bonds is 6. The first kappa shape index (κ1) is 20.3. The van der Waals surface area contributed by atoms with Crippen LogP contribution in [0, 0.1) is 0 Å². The van der Waals surface area contributed by atoms with Crippen LogP contribution in [0.2, 0.25) is 0 Å². The minimum Gasteiger partial charge on any atom is -0.450 e. The summed E-state index contributed by atoms with van der Waals surface area (Å²) in [5.74, 6) is 0.364. The number of ketones is 1. The number of ether oxygens (including phenoxy) is 1. The Kier molecular flexibility index (Phi) is 6.25. The van der Waals surface area contributed by atoms with Crippen molar-refractivity contribution in [3.63, 3.8) is 0 Å². The second-order valence-corrected chi connectivity index (χ2v) is 7.90. The van der Waals surface area contributed by atoms with Crippen LogP contribution < -0.4 is 0 Å². The van der Waals surface area contributed by atoms with E-state index in [1.807, 2.05) is 58.6 Å². The molecule has 0 unspecified atom stereocenters. The van der Waals surface area contributed by atoms with Gasteiger partial charge >= 0.3 is 6.09 Å². The first-order valence-corrected chi connectivity index (χ1v) is 10.9. The summed E-state index contributed by atoms with van der Waals surface area (Å²) in [7, 11) is 0. The van der Waals surface area contributed by atoms with Gasteiger partial charge in [0.1, 0.15) is 11.0 Å². The Labute approximate surface area is 179 Å². The molecule has 30 heavy (non-hydrogen) atoms. The molecule has 0 bridgehead atoms. The molecule has 2 aromatic heterocycles. The summed E-state index contributed by atoms with van der Waals surface area (Å²) in [6.07, 6.45) is 3.18. The SMILES string of the molecule is CCOC(=O)N1CCN([C@H](C(=O)c2nccn2-c2cccs2)c2ccccc2)CC1. The molecule has 8 heteroatoms. The molecule has 3 heterocycles. The van der Waals surface area contributed by atoms with E-state index in [1.54, 1.807) is 29.4 Å². The molecule has 0 saturated carbocycles. The number of benzene rings is 1. The summed E-state index contributed by atoms with van der Waals surface area (Å²) in [5, 5.41) is 2.93. The maximum atomic E-state index is 13.7. The van der Waals surface area contributed by atoms with Crippen molar-refractivity contribution in [3.8, 4) is 5.00 Å². The minimum atomic E-state index is -0.461. The number of amides is 1. The summed E-state index contributed by atoms with van der Waals surface area (Å²) in [4.78, 5) is 34.0. The Morgan fingerprint density at radius 3 is 2.53 bits per heavy atom. The number of imidazole rings is 1. The van der Waals surface area contributed by atoms with E-state index < -0.39 is 6.04 Å². The van der Waals surface area contributed by atoms with Crippen LogP contribution in [0.5, 0.6) is 0 Å². The molecule has 0 N–H and O–H groups in total. The van der Waals surface area contributed by atoms with E-state index in [0.717, 1.165) is 10.6 Å². The number of Topliss-reactive ketones (excluding diaryl/α,β-unsaturated/α-hetero) is 1. The van der Waals surface area contributed by atoms with Gasteiger partial charge < -0.3 is 9.64 Å². The maximum Gasteiger partial charge on any atom is 0.409 e. The first-order valence-electron chi connectivity index (χ1n) is 10.0. The van der Waals surface area contributed by atoms with Crippen molar-refractivity contribution in [2.24, 2.45) is 0 Å². The van der Waals surface area contributed by atoms with Crippen molar-refractivity contribution in [2.75, 3.05) is 32.8 Å². The molecule has 0 radical (unpaired) electrons. The molecule has 1 aromatic carbocycles. The number of aromatic nitrogens is 2. The lowest BCUT2D eigenvalue weighted by atomic mass is 9.99. The highest BCUT2D eigenvalue weighted by molar-refractivity contribution is 7.12. The summed E-state index contributed by atoms with van der Waals surface area (Å²) in [6.45, 7) is 4.38. The average Bonchev–Trinajstić information content (AvgIpc) is 3.47. The van der Waals surface area contributed by atoms with Gasteiger partial charge in [-0.3, -0.25) is 14.3 Å². The normalized spacial score (nSPS) is 15.7. The Morgan fingerprint density at radius 2 is 1.87 bits per heavy atom. The van der Waals surface area contributed by atoms with Gasteiger partial charge in [0.2, 0.25) is 5.78 Å². The third kappa shape index (κ3) is 4.15. The molecule has 0 spiro atoms. The van der Waals surface area contributed by atoms with E-state index in [9.17, 15) is 9.59 Å². The van der Waals surface area contributed by atoms with Crippen molar-refractivity contribution in [3.05, 3.63) is 71.6 Å². The molecule has 7 nitrogen and oxygen atoms in total. The standard InChI is InChI=1S/C22H24N4O3S/c1-2-29-22(28)25-14-12-24(13-15-25)19(17-7-4-3-5-8-17)20(27)21-23-10-11-26(21)18-9-6-16-30-18/h3-11,16,19H,2,12-15H2,1H3/t19-/m0/s1. The van der Waals surface area contributed by atoms with Crippen LogP contribution in [0.25, 0.3) is 5.00 Å². The molecule has 1 fully saturated rings. The third-order valence-electron chi connectivity index (χ3n) is 5.17. The average molecular weight is 425 g/mol. The molecule has 156 valence electrons. The number of hydrogen-bond acceptors (Lipinski definition) is 6. The lowest BCUT2D eigenvalue weighted by molar-refractivity contribution is 0.0568. The molecule has 0 aliphatic carbocycles. The minimum absolute atomic E-state index is 0.0517. The lowest BCUT2D eigenvalue weighted by Gasteiger charge is -2.38. The van der Waals surface area contributed by atoms with Crippen LogP contribution in [0.4, 0.5) is 4.79 Å². The molecule has 4 rings (SSSR count). The fourth-order valence-electron chi connectivity index (χ4n) is 3.73. The predicted octanol–water partition coefficient (Wildman–Crippen LogP) is 3.63. The monoisotopic (exact) mass is 424 g/mol. The van der Waals surface area contributed by atoms with Crippen molar-refractivity contribution < 1.29 is 14.3 Å². The summed E-state index contributed by atoms with van der Waals surface area (Å²) < 4.78 is 6.96. The fourth-order valence-corrected chi connectivity index (χ4v) is 4.45. The molecule has 1 amide bonds. The largest absolute Gasteiger partial charge is 0.450 e. The summed E-state index contributed by atoms with van der Waals surface area (Å²) in [6, 6.07) is 13.2. The molecule has 1 saturated heterocycles. The number of carbonyl (C=O) groups excluding carboxylic acids is 2. The maximum absolute atomic E-state index is 13.7. The highest BCUT2D eigenvalue weighted by Crippen LogP contribution is 2.28. The molecule has 1 aliphatic rings. The van der Waals surface area contributed by atoms with Gasteiger partial charge in [-0.2, -0.15) is 0 Å². The quantitative estimate of drug-likeness (QED) is 0.565. The van der Waals surface area contributed by atoms with Crippen molar-refractivity contribution in [1.29, 1.82) is 0 Å². The first-order chi connectivity index (χ1) is 14.7. The van der Waals surface area contributed by atoms with E-state index in [4.69, 9.17) is 4.74 Å². The van der Waals surface area contributed by atoms with Gasteiger partial charge in [0.25, 0.3) is 0 Å². The smallest absolute Gasteiger partial charge is 0.409 e. The molecular weight excluding hydrogens is 400 g/mol. The second-order valence-electron chi connectivity index (χ2n) is 6.97. The zero-order valence-corrected chi connectivity index (χ0v) is 17.6. The molecule has 1 atom stereocenters. The van der Waals surface area contributed by atoms with Crippen LogP contribution in [-0.4, -0.2) is 64.0 Å². The Bertz CT molecular complexity index is 979. The van der Waals surface area contributed by atoms with Gasteiger partial charge in [-0.05, 0) is 30.0 Å². The Morgan fingerprint density at radius 1 is 1.10 bits per heavy atom. The number of piperazine rings is 1. The topological polar surface area (TPSA) is 67.7 Å². The highest BCUT2D eigenvalue weighted by Gasteiger charge is 2.34. The van der Waals surface area contributed by atoms with Crippen LogP contribution in [0.15, 0.2) is 60.2 Å².